The van der Waals surface area contributed by atoms with Crippen LogP contribution in [0.3, 0.4) is 0 Å². The van der Waals surface area contributed by atoms with Crippen LogP contribution in [-0.4, -0.2) is 31.0 Å². The third kappa shape index (κ3) is 6.29. The van der Waals surface area contributed by atoms with Crippen molar-refractivity contribution < 1.29 is 23.1 Å². The van der Waals surface area contributed by atoms with Crippen LogP contribution in [-0.2, 0) is 27.8 Å². The van der Waals surface area contributed by atoms with Crippen LogP contribution in [0.2, 0.25) is 0 Å². The lowest BCUT2D eigenvalue weighted by Crippen LogP contribution is -2.26. The molecule has 0 amide bonds. The lowest BCUT2D eigenvalue weighted by atomic mass is 9.98. The number of H-pyrrole nitrogens is 1. The maximum atomic E-state index is 12.7. The summed E-state index contributed by atoms with van der Waals surface area (Å²) < 4.78 is 33.8. The molecule has 3 N–H and O–H groups in total. The average molecular weight is 493 g/mol. The largest absolute Gasteiger partial charge is 0.489 e. The van der Waals surface area contributed by atoms with E-state index in [0.29, 0.717) is 25.3 Å². The van der Waals surface area contributed by atoms with E-state index in [4.69, 9.17) is 9.84 Å². The van der Waals surface area contributed by atoms with Crippen molar-refractivity contribution >= 4 is 26.9 Å². The molecule has 1 unspecified atom stereocenters. The first-order valence-electron chi connectivity index (χ1n) is 11.4. The van der Waals surface area contributed by atoms with Gasteiger partial charge >= 0.3 is 5.97 Å². The Morgan fingerprint density at radius 3 is 2.46 bits per heavy atom. The quantitative estimate of drug-likeness (QED) is 0.277. The molecule has 0 aliphatic rings. The van der Waals surface area contributed by atoms with Gasteiger partial charge in [-0.15, -0.1) is 0 Å². The Kier molecular flexibility index (Phi) is 7.53. The normalized spacial score (nSPS) is 12.5. The summed E-state index contributed by atoms with van der Waals surface area (Å²) in [5, 5.41) is 10.0. The van der Waals surface area contributed by atoms with E-state index >= 15 is 0 Å². The molecule has 0 aliphatic carbocycles. The topological polar surface area (TPSA) is 108 Å². The smallest absolute Gasteiger partial charge is 0.303 e. The van der Waals surface area contributed by atoms with Crippen molar-refractivity contribution in [2.75, 3.05) is 6.54 Å². The van der Waals surface area contributed by atoms with Crippen molar-refractivity contribution in [3.8, 4) is 5.75 Å². The molecule has 0 spiro atoms. The number of aromatic amines is 1. The van der Waals surface area contributed by atoms with Gasteiger partial charge in [-0.1, -0.05) is 49.4 Å². The van der Waals surface area contributed by atoms with Crippen LogP contribution >= 0.6 is 0 Å². The van der Waals surface area contributed by atoms with Crippen LogP contribution in [0.25, 0.3) is 10.9 Å². The zero-order chi connectivity index (χ0) is 24.8. The highest BCUT2D eigenvalue weighted by Gasteiger charge is 2.14. The summed E-state index contributed by atoms with van der Waals surface area (Å²) in [5.41, 5.74) is 3.88. The molecule has 35 heavy (non-hydrogen) atoms. The molecule has 7 nitrogen and oxygen atoms in total. The Bertz CT molecular complexity index is 1390. The number of sulfonamides is 1. The third-order valence-corrected chi connectivity index (χ3v) is 7.41. The Morgan fingerprint density at radius 2 is 1.74 bits per heavy atom. The molecular formula is C27H28N2O5S. The van der Waals surface area contributed by atoms with Gasteiger partial charge in [-0.2, -0.15) is 0 Å². The molecule has 0 saturated heterocycles. The number of nitrogens with one attached hydrogen (secondary N) is 2. The number of hydrogen-bond acceptors (Lipinski definition) is 4. The summed E-state index contributed by atoms with van der Waals surface area (Å²) in [4.78, 5) is 14.3. The van der Waals surface area contributed by atoms with Gasteiger partial charge in [0.25, 0.3) is 0 Å². The summed E-state index contributed by atoms with van der Waals surface area (Å²) in [6.07, 6.45) is 2.58. The lowest BCUT2D eigenvalue weighted by molar-refractivity contribution is -0.137. The number of para-hydroxylation sites is 1. The summed E-state index contributed by atoms with van der Waals surface area (Å²) in [7, 11) is -3.62. The first-order valence-corrected chi connectivity index (χ1v) is 12.9. The average Bonchev–Trinajstić information content (AvgIpc) is 3.26. The second-order valence-corrected chi connectivity index (χ2v) is 10.3. The minimum atomic E-state index is -3.62. The molecule has 0 aliphatic heterocycles. The highest BCUT2D eigenvalue weighted by molar-refractivity contribution is 7.89. The highest BCUT2D eigenvalue weighted by Crippen LogP contribution is 2.23. The molecule has 0 saturated carbocycles. The fourth-order valence-corrected chi connectivity index (χ4v) is 4.98. The fraction of sp³-hybridized carbons (Fsp3) is 0.222. The van der Waals surface area contributed by atoms with Crippen molar-refractivity contribution in [3.63, 3.8) is 0 Å². The second-order valence-electron chi connectivity index (χ2n) is 8.51. The van der Waals surface area contributed by atoms with E-state index in [2.05, 4.69) is 9.71 Å². The molecule has 0 fully saturated rings. The number of hydrogen-bond donors (Lipinski definition) is 3. The summed E-state index contributed by atoms with van der Waals surface area (Å²) in [6, 6.07) is 21.9. The van der Waals surface area contributed by atoms with E-state index in [1.807, 2.05) is 61.7 Å². The molecule has 1 heterocycles. The van der Waals surface area contributed by atoms with Gasteiger partial charge in [0.05, 0.1) is 11.3 Å². The van der Waals surface area contributed by atoms with Crippen LogP contribution in [0.1, 0.15) is 36.0 Å². The van der Waals surface area contributed by atoms with Crippen LogP contribution < -0.4 is 9.46 Å². The standard InChI is InChI=1S/C27H28N2O5S/c1-19(16-27(30)31)21-8-10-23(11-9-21)34-18-20-6-12-24(13-7-20)35(32,33)29-15-14-22-17-28-26-5-3-2-4-25(22)26/h2-13,17,19,28-29H,14-16,18H2,1H3,(H,30,31). The minimum Gasteiger partial charge on any atom is -0.489 e. The van der Waals surface area contributed by atoms with E-state index in [1.165, 1.54) is 0 Å². The van der Waals surface area contributed by atoms with E-state index in [9.17, 15) is 13.2 Å². The number of carboxylic acids is 1. The zero-order valence-electron chi connectivity index (χ0n) is 19.4. The van der Waals surface area contributed by atoms with Crippen LogP contribution in [0.5, 0.6) is 5.75 Å². The van der Waals surface area contributed by atoms with E-state index < -0.39 is 16.0 Å². The van der Waals surface area contributed by atoms with Gasteiger partial charge in [0.1, 0.15) is 12.4 Å². The number of ether oxygens (including phenoxy) is 1. The predicted octanol–water partition coefficient (Wildman–Crippen LogP) is 4.85. The number of benzene rings is 3. The molecule has 3 aromatic carbocycles. The van der Waals surface area contributed by atoms with Crippen LogP contribution in [0, 0.1) is 0 Å². The number of aliphatic carboxylic acids is 1. The summed E-state index contributed by atoms with van der Waals surface area (Å²) in [5.74, 6) is -0.244. The van der Waals surface area contributed by atoms with E-state index in [0.717, 1.165) is 27.6 Å². The van der Waals surface area contributed by atoms with Gasteiger partial charge in [-0.3, -0.25) is 4.79 Å². The molecule has 1 aromatic heterocycles. The molecule has 4 rings (SSSR count). The number of fused-ring (bicyclic) bond motifs is 1. The molecular weight excluding hydrogens is 464 g/mol. The van der Waals surface area contributed by atoms with Crippen molar-refractivity contribution in [2.45, 2.75) is 37.2 Å². The third-order valence-electron chi connectivity index (χ3n) is 5.93. The summed E-state index contributed by atoms with van der Waals surface area (Å²) in [6.45, 7) is 2.46. The molecule has 1 atom stereocenters. The lowest BCUT2D eigenvalue weighted by Gasteiger charge is -2.11. The monoisotopic (exact) mass is 492 g/mol. The van der Waals surface area contributed by atoms with E-state index in [-0.39, 0.29) is 17.2 Å². The fourth-order valence-electron chi connectivity index (χ4n) is 3.95. The van der Waals surface area contributed by atoms with Gasteiger partial charge in [0, 0.05) is 23.6 Å². The Balaban J connectivity index is 1.29. The van der Waals surface area contributed by atoms with Crippen molar-refractivity contribution in [1.82, 2.24) is 9.71 Å². The minimum absolute atomic E-state index is 0.0767. The zero-order valence-corrected chi connectivity index (χ0v) is 20.2. The van der Waals surface area contributed by atoms with Crippen LogP contribution in [0.15, 0.2) is 83.9 Å². The van der Waals surface area contributed by atoms with Crippen molar-refractivity contribution in [3.05, 3.63) is 95.7 Å². The molecule has 182 valence electrons. The number of carboxylic acid groups (broad SMARTS) is 1. The Hall–Kier alpha value is -3.62. The molecule has 0 radical (unpaired) electrons. The highest BCUT2D eigenvalue weighted by atomic mass is 32.2. The van der Waals surface area contributed by atoms with Gasteiger partial charge < -0.3 is 14.8 Å². The van der Waals surface area contributed by atoms with Crippen molar-refractivity contribution in [2.24, 2.45) is 0 Å². The van der Waals surface area contributed by atoms with Gasteiger partial charge in [-0.25, -0.2) is 13.1 Å². The number of carbonyl (C=O) groups is 1. The van der Waals surface area contributed by atoms with Crippen molar-refractivity contribution in [1.29, 1.82) is 0 Å². The Labute approximate surface area is 204 Å². The Morgan fingerprint density at radius 1 is 1.03 bits per heavy atom. The number of aromatic nitrogens is 1. The first-order chi connectivity index (χ1) is 16.8. The summed E-state index contributed by atoms with van der Waals surface area (Å²) >= 11 is 0. The SMILES string of the molecule is CC(CC(=O)O)c1ccc(OCc2ccc(S(=O)(=O)NCCc3c[nH]c4ccccc34)cc2)cc1. The van der Waals surface area contributed by atoms with E-state index in [1.54, 1.807) is 24.3 Å². The number of rotatable bonds is 11. The molecule has 8 heteroatoms. The second kappa shape index (κ2) is 10.8. The first kappa shape index (κ1) is 24.5. The molecule has 4 aromatic rings. The van der Waals surface area contributed by atoms with Gasteiger partial charge in [0.2, 0.25) is 10.0 Å². The van der Waals surface area contributed by atoms with Gasteiger partial charge in [-0.05, 0) is 59.4 Å². The van der Waals surface area contributed by atoms with Gasteiger partial charge in [0.15, 0.2) is 0 Å². The molecule has 0 bridgehead atoms. The van der Waals surface area contributed by atoms with Crippen LogP contribution in [0.4, 0.5) is 0 Å². The predicted molar refractivity (Wildman–Crippen MR) is 135 cm³/mol. The maximum Gasteiger partial charge on any atom is 0.303 e. The maximum absolute atomic E-state index is 12.7.